The van der Waals surface area contributed by atoms with E-state index in [-0.39, 0.29) is 11.2 Å². The molecule has 0 radical (unpaired) electrons. The summed E-state index contributed by atoms with van der Waals surface area (Å²) >= 11 is 0. The molecular formula is C14H18FN. The van der Waals surface area contributed by atoms with Crippen LogP contribution < -0.4 is 5.32 Å². The molecule has 0 unspecified atom stereocenters. The summed E-state index contributed by atoms with van der Waals surface area (Å²) in [5, 5.41) is 3.59. The van der Waals surface area contributed by atoms with Crippen molar-refractivity contribution in [2.45, 2.75) is 38.1 Å². The van der Waals surface area contributed by atoms with E-state index in [9.17, 15) is 4.39 Å². The highest BCUT2D eigenvalue weighted by molar-refractivity contribution is 5.40. The Morgan fingerprint density at radius 1 is 1.44 bits per heavy atom. The number of rotatable bonds is 0. The molecule has 1 fully saturated rings. The summed E-state index contributed by atoms with van der Waals surface area (Å²) in [7, 11) is 0. The minimum Gasteiger partial charge on any atom is -0.313 e. The van der Waals surface area contributed by atoms with Crippen LogP contribution >= 0.6 is 0 Å². The van der Waals surface area contributed by atoms with Crippen LogP contribution in [0.3, 0.4) is 0 Å². The molecule has 0 amide bonds. The molecule has 86 valence electrons. The predicted molar refractivity (Wildman–Crippen MR) is 63.0 cm³/mol. The molecule has 1 aliphatic carbocycles. The summed E-state index contributed by atoms with van der Waals surface area (Å²) in [5.41, 5.74) is 2.74. The Hall–Kier alpha value is -0.890. The fraction of sp³-hybridized carbons (Fsp3) is 0.571. The third kappa shape index (κ3) is 1.26. The maximum atomic E-state index is 13.4. The zero-order valence-electron chi connectivity index (χ0n) is 9.89. The fourth-order valence-corrected chi connectivity index (χ4v) is 3.49. The number of benzene rings is 1. The van der Waals surface area contributed by atoms with Crippen molar-refractivity contribution in [2.24, 2.45) is 5.92 Å². The number of nitrogens with one attached hydrogen (secondary N) is 1. The summed E-state index contributed by atoms with van der Waals surface area (Å²) in [6.07, 6.45) is 2.16. The van der Waals surface area contributed by atoms with Crippen LogP contribution in [-0.4, -0.2) is 12.6 Å². The molecule has 0 saturated carbocycles. The van der Waals surface area contributed by atoms with Gasteiger partial charge in [-0.05, 0) is 54.0 Å². The third-order valence-corrected chi connectivity index (χ3v) is 4.79. The number of hydrogen-bond acceptors (Lipinski definition) is 1. The van der Waals surface area contributed by atoms with Crippen molar-refractivity contribution in [3.8, 4) is 0 Å². The first-order valence-electron chi connectivity index (χ1n) is 6.13. The lowest BCUT2D eigenvalue weighted by molar-refractivity contribution is 0.158. The van der Waals surface area contributed by atoms with Gasteiger partial charge in [-0.3, -0.25) is 0 Å². The Morgan fingerprint density at radius 2 is 2.25 bits per heavy atom. The molecule has 1 aromatic carbocycles. The molecule has 1 aliphatic heterocycles. The van der Waals surface area contributed by atoms with E-state index < -0.39 is 0 Å². The second kappa shape index (κ2) is 3.30. The van der Waals surface area contributed by atoms with Crippen LogP contribution in [0.5, 0.6) is 0 Å². The van der Waals surface area contributed by atoms with Crippen LogP contribution in [0.1, 0.15) is 31.4 Å². The number of hydrogen-bond donors (Lipinski definition) is 1. The summed E-state index contributed by atoms with van der Waals surface area (Å²) in [6, 6.07) is 5.88. The summed E-state index contributed by atoms with van der Waals surface area (Å²) in [6.45, 7) is 5.65. The van der Waals surface area contributed by atoms with E-state index in [0.717, 1.165) is 19.4 Å². The third-order valence-electron chi connectivity index (χ3n) is 4.79. The summed E-state index contributed by atoms with van der Waals surface area (Å²) in [5.74, 6) is 0.500. The molecule has 3 atom stereocenters. The Labute approximate surface area is 96.1 Å². The number of fused-ring (bicyclic) bond motifs is 4. The van der Waals surface area contributed by atoms with Crippen molar-refractivity contribution >= 4 is 0 Å². The molecule has 16 heavy (non-hydrogen) atoms. The first-order valence-corrected chi connectivity index (χ1v) is 6.13. The van der Waals surface area contributed by atoms with E-state index in [2.05, 4.69) is 19.2 Å². The van der Waals surface area contributed by atoms with Crippen LogP contribution in [0.15, 0.2) is 18.2 Å². The minimum absolute atomic E-state index is 0.0934. The highest BCUT2D eigenvalue weighted by atomic mass is 19.1. The van der Waals surface area contributed by atoms with Gasteiger partial charge in [-0.1, -0.05) is 19.9 Å². The molecule has 1 aromatic rings. The molecule has 1 heterocycles. The molecule has 0 spiro atoms. The van der Waals surface area contributed by atoms with Gasteiger partial charge in [-0.2, -0.15) is 0 Å². The van der Waals surface area contributed by atoms with Gasteiger partial charge in [0.15, 0.2) is 0 Å². The van der Waals surface area contributed by atoms with Crippen LogP contribution in [0, 0.1) is 11.7 Å². The van der Waals surface area contributed by atoms with Gasteiger partial charge in [0.1, 0.15) is 5.82 Å². The first kappa shape index (κ1) is 10.3. The van der Waals surface area contributed by atoms with E-state index in [0.29, 0.717) is 12.0 Å². The lowest BCUT2D eigenvalue weighted by Gasteiger charge is -2.50. The minimum atomic E-state index is -0.0934. The van der Waals surface area contributed by atoms with Crippen LogP contribution in [-0.2, 0) is 11.8 Å². The smallest absolute Gasteiger partial charge is 0.123 e. The number of piperidine rings is 1. The molecule has 2 heteroatoms. The second-order valence-electron chi connectivity index (χ2n) is 5.52. The Bertz CT molecular complexity index is 429. The van der Waals surface area contributed by atoms with Gasteiger partial charge in [0.25, 0.3) is 0 Å². The fourth-order valence-electron chi connectivity index (χ4n) is 3.49. The molecule has 1 N–H and O–H groups in total. The van der Waals surface area contributed by atoms with Gasteiger partial charge in [0, 0.05) is 6.04 Å². The molecule has 1 saturated heterocycles. The lowest BCUT2D eigenvalue weighted by Crippen LogP contribution is -2.56. The molecule has 2 bridgehead atoms. The standard InChI is InChI=1S/C14H18FN/c1-9-13-7-10-3-4-11(15)8-12(10)14(9,2)5-6-16-13/h3-4,8-9,13,16H,5-7H2,1-2H3/t9-,13+,14+/m0/s1. The van der Waals surface area contributed by atoms with E-state index in [4.69, 9.17) is 0 Å². The van der Waals surface area contributed by atoms with Crippen LogP contribution in [0.4, 0.5) is 4.39 Å². The van der Waals surface area contributed by atoms with Crippen molar-refractivity contribution in [2.75, 3.05) is 6.54 Å². The average molecular weight is 219 g/mol. The monoisotopic (exact) mass is 219 g/mol. The summed E-state index contributed by atoms with van der Waals surface area (Å²) < 4.78 is 13.4. The predicted octanol–water partition coefficient (Wildman–Crippen LogP) is 2.64. The molecule has 3 rings (SSSR count). The van der Waals surface area contributed by atoms with E-state index in [1.807, 2.05) is 6.07 Å². The van der Waals surface area contributed by atoms with Crippen molar-refractivity contribution in [3.05, 3.63) is 35.1 Å². The van der Waals surface area contributed by atoms with Crippen molar-refractivity contribution < 1.29 is 4.39 Å². The van der Waals surface area contributed by atoms with Crippen molar-refractivity contribution in [1.82, 2.24) is 5.32 Å². The van der Waals surface area contributed by atoms with Crippen molar-refractivity contribution in [1.29, 1.82) is 0 Å². The highest BCUT2D eigenvalue weighted by Crippen LogP contribution is 2.45. The quantitative estimate of drug-likeness (QED) is 0.707. The molecular weight excluding hydrogens is 201 g/mol. The molecule has 2 aliphatic rings. The average Bonchev–Trinajstić information content (AvgIpc) is 2.25. The van der Waals surface area contributed by atoms with E-state index >= 15 is 0 Å². The Kier molecular flexibility index (Phi) is 2.12. The van der Waals surface area contributed by atoms with Gasteiger partial charge in [-0.25, -0.2) is 4.39 Å². The second-order valence-corrected chi connectivity index (χ2v) is 5.52. The SMILES string of the molecule is C[C@H]1[C@H]2Cc3ccc(F)cc3[C@]1(C)CCN2. The van der Waals surface area contributed by atoms with Gasteiger partial charge in [0.2, 0.25) is 0 Å². The van der Waals surface area contributed by atoms with Crippen LogP contribution in [0.25, 0.3) is 0 Å². The maximum absolute atomic E-state index is 13.4. The van der Waals surface area contributed by atoms with Crippen LogP contribution in [0.2, 0.25) is 0 Å². The largest absolute Gasteiger partial charge is 0.313 e. The van der Waals surface area contributed by atoms with Crippen molar-refractivity contribution in [3.63, 3.8) is 0 Å². The number of halogens is 1. The Balaban J connectivity index is 2.18. The first-order chi connectivity index (χ1) is 7.61. The maximum Gasteiger partial charge on any atom is 0.123 e. The van der Waals surface area contributed by atoms with E-state index in [1.165, 1.54) is 11.1 Å². The zero-order valence-corrected chi connectivity index (χ0v) is 9.89. The molecule has 1 nitrogen and oxygen atoms in total. The zero-order chi connectivity index (χ0) is 11.3. The summed E-state index contributed by atoms with van der Waals surface area (Å²) in [4.78, 5) is 0. The normalized spacial score (nSPS) is 36.9. The molecule has 0 aromatic heterocycles. The van der Waals surface area contributed by atoms with Gasteiger partial charge in [-0.15, -0.1) is 0 Å². The van der Waals surface area contributed by atoms with Gasteiger partial charge < -0.3 is 5.32 Å². The highest BCUT2D eigenvalue weighted by Gasteiger charge is 2.45. The Morgan fingerprint density at radius 3 is 3.06 bits per heavy atom. The lowest BCUT2D eigenvalue weighted by atomic mass is 9.59. The van der Waals surface area contributed by atoms with E-state index in [1.54, 1.807) is 12.1 Å². The van der Waals surface area contributed by atoms with Gasteiger partial charge >= 0.3 is 0 Å². The topological polar surface area (TPSA) is 12.0 Å². The van der Waals surface area contributed by atoms with Gasteiger partial charge in [0.05, 0.1) is 0 Å².